The van der Waals surface area contributed by atoms with Crippen LogP contribution in [-0.2, 0) is 9.53 Å². The molecule has 0 bridgehead atoms. The van der Waals surface area contributed by atoms with E-state index in [1.807, 2.05) is 6.92 Å². The molecule has 0 saturated carbocycles. The van der Waals surface area contributed by atoms with Crippen molar-refractivity contribution in [2.24, 2.45) is 0 Å². The summed E-state index contributed by atoms with van der Waals surface area (Å²) in [7, 11) is 0. The second-order valence-corrected chi connectivity index (χ2v) is 8.53. The Hall–Kier alpha value is -4.59. The van der Waals surface area contributed by atoms with E-state index in [4.69, 9.17) is 24.1 Å². The lowest BCUT2D eigenvalue weighted by molar-refractivity contribution is -0.137. The number of rotatable bonds is 15. The Kier molecular flexibility index (Phi) is 11.1. The monoisotopic (exact) mass is 532 g/mol. The third kappa shape index (κ3) is 9.03. The molecule has 0 spiro atoms. The van der Waals surface area contributed by atoms with Crippen molar-refractivity contribution in [3.05, 3.63) is 90.5 Å². The zero-order chi connectivity index (χ0) is 28.0. The number of aromatic carboxylic acids is 1. The van der Waals surface area contributed by atoms with Gasteiger partial charge < -0.3 is 24.1 Å². The second-order valence-electron chi connectivity index (χ2n) is 8.53. The average molecular weight is 533 g/mol. The average Bonchev–Trinajstić information content (AvgIpc) is 2.95. The Labute approximate surface area is 227 Å². The van der Waals surface area contributed by atoms with Crippen molar-refractivity contribution in [2.75, 3.05) is 19.8 Å². The summed E-state index contributed by atoms with van der Waals surface area (Å²) in [6.45, 7) is 6.49. The summed E-state index contributed by atoms with van der Waals surface area (Å²) < 4.78 is 22.0. The first-order chi connectivity index (χ1) is 18.9. The van der Waals surface area contributed by atoms with Crippen molar-refractivity contribution >= 4 is 17.9 Å². The number of carboxylic acid groups (broad SMARTS) is 1. The Morgan fingerprint density at radius 2 is 1.38 bits per heavy atom. The summed E-state index contributed by atoms with van der Waals surface area (Å²) in [5.41, 5.74) is 2.26. The number of unbranched alkanes of at least 4 members (excludes halogenated alkanes) is 3. The maximum atomic E-state index is 12.8. The second kappa shape index (κ2) is 15.0. The molecule has 0 aliphatic rings. The molecule has 1 N–H and O–H groups in total. The van der Waals surface area contributed by atoms with Gasteiger partial charge in [0.1, 0.15) is 5.75 Å². The van der Waals surface area contributed by atoms with Crippen LogP contribution in [0.25, 0.3) is 11.1 Å². The van der Waals surface area contributed by atoms with Crippen molar-refractivity contribution in [1.82, 2.24) is 0 Å². The first-order valence-corrected chi connectivity index (χ1v) is 12.8. The van der Waals surface area contributed by atoms with E-state index in [0.29, 0.717) is 42.6 Å². The Morgan fingerprint density at radius 3 is 2.00 bits per heavy atom. The van der Waals surface area contributed by atoms with Gasteiger partial charge in [0.2, 0.25) is 0 Å². The van der Waals surface area contributed by atoms with E-state index in [-0.39, 0.29) is 5.56 Å². The normalized spacial score (nSPS) is 10.4. The van der Waals surface area contributed by atoms with Crippen LogP contribution in [0.3, 0.4) is 0 Å². The SMILES string of the molecule is C=CC(=O)OCCCCCCOc1ccc(C(=O)Oc2ccc(-c3ccc(C(=O)O)cc3)cc2)cc1OCC. The van der Waals surface area contributed by atoms with Gasteiger partial charge in [0, 0.05) is 6.08 Å². The van der Waals surface area contributed by atoms with Crippen LogP contribution >= 0.6 is 0 Å². The highest BCUT2D eigenvalue weighted by molar-refractivity contribution is 5.92. The molecule has 0 aliphatic heterocycles. The molecule has 39 heavy (non-hydrogen) atoms. The predicted molar refractivity (Wildman–Crippen MR) is 147 cm³/mol. The number of carbonyl (C=O) groups is 3. The summed E-state index contributed by atoms with van der Waals surface area (Å²) in [6.07, 6.45) is 4.59. The number of ether oxygens (including phenoxy) is 4. The van der Waals surface area contributed by atoms with Crippen molar-refractivity contribution in [1.29, 1.82) is 0 Å². The summed E-state index contributed by atoms with van der Waals surface area (Å²) in [6, 6.07) is 18.4. The first-order valence-electron chi connectivity index (χ1n) is 12.8. The number of carbonyl (C=O) groups excluding carboxylic acids is 2. The minimum Gasteiger partial charge on any atom is -0.490 e. The number of hydrogen-bond donors (Lipinski definition) is 1. The molecule has 3 rings (SSSR count). The zero-order valence-corrected chi connectivity index (χ0v) is 21.9. The van der Waals surface area contributed by atoms with E-state index in [9.17, 15) is 14.4 Å². The molecule has 3 aromatic carbocycles. The van der Waals surface area contributed by atoms with Crippen LogP contribution < -0.4 is 14.2 Å². The Morgan fingerprint density at radius 1 is 0.769 bits per heavy atom. The van der Waals surface area contributed by atoms with Gasteiger partial charge in [-0.2, -0.15) is 0 Å². The highest BCUT2D eigenvalue weighted by atomic mass is 16.5. The lowest BCUT2D eigenvalue weighted by Gasteiger charge is -2.13. The molecular formula is C31H32O8. The van der Waals surface area contributed by atoms with Crippen LogP contribution in [0.5, 0.6) is 17.2 Å². The largest absolute Gasteiger partial charge is 0.490 e. The van der Waals surface area contributed by atoms with E-state index >= 15 is 0 Å². The first kappa shape index (κ1) is 29.0. The van der Waals surface area contributed by atoms with Gasteiger partial charge >= 0.3 is 17.9 Å². The van der Waals surface area contributed by atoms with Crippen molar-refractivity contribution < 1.29 is 38.4 Å². The molecule has 0 radical (unpaired) electrons. The minimum atomic E-state index is -0.978. The fraction of sp³-hybridized carbons (Fsp3) is 0.258. The number of benzene rings is 3. The van der Waals surface area contributed by atoms with Crippen LogP contribution in [0.2, 0.25) is 0 Å². The summed E-state index contributed by atoms with van der Waals surface area (Å²) >= 11 is 0. The molecule has 0 amide bonds. The van der Waals surface area contributed by atoms with Crippen molar-refractivity contribution in [3.8, 4) is 28.4 Å². The van der Waals surface area contributed by atoms with Gasteiger partial charge in [-0.25, -0.2) is 14.4 Å². The van der Waals surface area contributed by atoms with Gasteiger partial charge in [0.15, 0.2) is 11.5 Å². The van der Waals surface area contributed by atoms with E-state index < -0.39 is 17.9 Å². The molecule has 0 atom stereocenters. The lowest BCUT2D eigenvalue weighted by atomic mass is 10.0. The number of hydrogen-bond acceptors (Lipinski definition) is 7. The van der Waals surface area contributed by atoms with Crippen LogP contribution in [-0.4, -0.2) is 42.8 Å². The standard InChI is InChI=1S/C31H32O8/c1-3-29(32)38-20-8-6-5-7-19-37-27-18-15-25(21-28(27)36-4-2)31(35)39-26-16-13-23(14-17-26)22-9-11-24(12-10-22)30(33)34/h3,9-18,21H,1,4-8,19-20H2,2H3,(H,33,34). The minimum absolute atomic E-state index is 0.216. The predicted octanol–water partition coefficient (Wildman–Crippen LogP) is 6.34. The van der Waals surface area contributed by atoms with Gasteiger partial charge in [0.05, 0.1) is 30.9 Å². The van der Waals surface area contributed by atoms with E-state index in [1.54, 1.807) is 66.7 Å². The molecule has 0 aromatic heterocycles. The van der Waals surface area contributed by atoms with Crippen LogP contribution in [0, 0.1) is 0 Å². The molecule has 0 saturated heterocycles. The maximum Gasteiger partial charge on any atom is 0.343 e. The van der Waals surface area contributed by atoms with E-state index in [1.165, 1.54) is 0 Å². The van der Waals surface area contributed by atoms with Crippen molar-refractivity contribution in [3.63, 3.8) is 0 Å². The van der Waals surface area contributed by atoms with Gasteiger partial charge in [-0.1, -0.05) is 30.8 Å². The van der Waals surface area contributed by atoms with E-state index in [0.717, 1.165) is 42.9 Å². The summed E-state index contributed by atoms with van der Waals surface area (Å²) in [5.74, 6) is -0.529. The molecule has 0 fully saturated rings. The highest BCUT2D eigenvalue weighted by Crippen LogP contribution is 2.30. The van der Waals surface area contributed by atoms with Gasteiger partial charge in [-0.3, -0.25) is 0 Å². The third-order valence-electron chi connectivity index (χ3n) is 5.72. The molecule has 0 aliphatic carbocycles. The Balaban J connectivity index is 1.52. The fourth-order valence-corrected chi connectivity index (χ4v) is 3.68. The topological polar surface area (TPSA) is 108 Å². The van der Waals surface area contributed by atoms with Crippen LogP contribution in [0.15, 0.2) is 79.4 Å². The highest BCUT2D eigenvalue weighted by Gasteiger charge is 2.14. The molecule has 0 heterocycles. The molecule has 8 heteroatoms. The smallest absolute Gasteiger partial charge is 0.343 e. The van der Waals surface area contributed by atoms with Gasteiger partial charge in [-0.15, -0.1) is 0 Å². The number of carboxylic acids is 1. The number of esters is 2. The van der Waals surface area contributed by atoms with Crippen LogP contribution in [0.1, 0.15) is 53.3 Å². The molecule has 8 nitrogen and oxygen atoms in total. The molecule has 0 unspecified atom stereocenters. The third-order valence-corrected chi connectivity index (χ3v) is 5.72. The summed E-state index contributed by atoms with van der Waals surface area (Å²) in [5, 5.41) is 9.05. The zero-order valence-electron chi connectivity index (χ0n) is 21.9. The quantitative estimate of drug-likeness (QED) is 0.105. The van der Waals surface area contributed by atoms with Crippen LogP contribution in [0.4, 0.5) is 0 Å². The van der Waals surface area contributed by atoms with Crippen molar-refractivity contribution in [2.45, 2.75) is 32.6 Å². The van der Waals surface area contributed by atoms with E-state index in [2.05, 4.69) is 6.58 Å². The summed E-state index contributed by atoms with van der Waals surface area (Å²) in [4.78, 5) is 34.8. The van der Waals surface area contributed by atoms with Gasteiger partial charge in [-0.05, 0) is 86.2 Å². The maximum absolute atomic E-state index is 12.8. The Bertz CT molecular complexity index is 1260. The molecular weight excluding hydrogens is 500 g/mol. The fourth-order valence-electron chi connectivity index (χ4n) is 3.68. The van der Waals surface area contributed by atoms with Gasteiger partial charge in [0.25, 0.3) is 0 Å². The lowest BCUT2D eigenvalue weighted by Crippen LogP contribution is -2.09. The molecule has 204 valence electrons. The molecule has 3 aromatic rings.